The monoisotopic (exact) mass is 315 g/mol. The highest BCUT2D eigenvalue weighted by atomic mass is 79.9. The minimum atomic E-state index is 0.636. The number of nitrogens with one attached hydrogen (secondary N) is 1. The lowest BCUT2D eigenvalue weighted by Gasteiger charge is -2.13. The van der Waals surface area contributed by atoms with Gasteiger partial charge < -0.3 is 14.8 Å². The van der Waals surface area contributed by atoms with Crippen LogP contribution in [-0.2, 0) is 6.54 Å². The predicted molar refractivity (Wildman–Crippen MR) is 78.5 cm³/mol. The first kappa shape index (κ1) is 15.3. The van der Waals surface area contributed by atoms with E-state index in [1.54, 1.807) is 7.11 Å². The molecule has 0 heterocycles. The number of halogens is 1. The molecule has 102 valence electrons. The fourth-order valence-corrected chi connectivity index (χ4v) is 2.13. The third kappa shape index (κ3) is 4.50. The van der Waals surface area contributed by atoms with Gasteiger partial charge in [-0.2, -0.15) is 0 Å². The van der Waals surface area contributed by atoms with E-state index in [9.17, 15) is 0 Å². The number of benzene rings is 1. The Hall–Kier alpha value is -0.740. The fourth-order valence-electron chi connectivity index (χ4n) is 1.67. The van der Waals surface area contributed by atoms with Crippen molar-refractivity contribution < 1.29 is 9.47 Å². The summed E-state index contributed by atoms with van der Waals surface area (Å²) in [6.07, 6.45) is 2.41. The second kappa shape index (κ2) is 8.38. The third-order valence-electron chi connectivity index (χ3n) is 2.66. The zero-order chi connectivity index (χ0) is 13.4. The first-order valence-corrected chi connectivity index (χ1v) is 7.22. The van der Waals surface area contributed by atoms with Crippen molar-refractivity contribution >= 4 is 15.9 Å². The van der Waals surface area contributed by atoms with Crippen molar-refractivity contribution in [1.82, 2.24) is 5.32 Å². The van der Waals surface area contributed by atoms with Crippen molar-refractivity contribution in [3.05, 3.63) is 22.2 Å². The lowest BCUT2D eigenvalue weighted by Crippen LogP contribution is -2.15. The molecule has 3 nitrogen and oxygen atoms in total. The zero-order valence-corrected chi connectivity index (χ0v) is 13.0. The van der Waals surface area contributed by atoms with Gasteiger partial charge in [-0.25, -0.2) is 0 Å². The standard InChI is InChI=1S/C14H22BrNO2/c1-4-6-7-16-10-11-8-13(17-3)14(18-5-2)9-12(11)15/h8-9,16H,4-7,10H2,1-3H3. The molecule has 1 rings (SSSR count). The zero-order valence-electron chi connectivity index (χ0n) is 11.4. The Kier molecular flexibility index (Phi) is 7.13. The molecule has 18 heavy (non-hydrogen) atoms. The van der Waals surface area contributed by atoms with Crippen molar-refractivity contribution in [3.63, 3.8) is 0 Å². The molecule has 0 fully saturated rings. The smallest absolute Gasteiger partial charge is 0.162 e. The van der Waals surface area contributed by atoms with Crippen molar-refractivity contribution in [2.45, 2.75) is 33.2 Å². The highest BCUT2D eigenvalue weighted by Crippen LogP contribution is 2.33. The topological polar surface area (TPSA) is 30.5 Å². The Morgan fingerprint density at radius 3 is 2.61 bits per heavy atom. The van der Waals surface area contributed by atoms with Crippen LogP contribution in [-0.4, -0.2) is 20.3 Å². The molecule has 0 amide bonds. The van der Waals surface area contributed by atoms with E-state index in [0.29, 0.717) is 6.61 Å². The normalized spacial score (nSPS) is 10.4. The number of unbranched alkanes of at least 4 members (excludes halogenated alkanes) is 1. The SMILES string of the molecule is CCCCNCc1cc(OC)c(OCC)cc1Br. The fraction of sp³-hybridized carbons (Fsp3) is 0.571. The summed E-state index contributed by atoms with van der Waals surface area (Å²) in [5.41, 5.74) is 1.19. The van der Waals surface area contributed by atoms with E-state index >= 15 is 0 Å². The number of rotatable bonds is 8. The van der Waals surface area contributed by atoms with Crippen LogP contribution in [0.4, 0.5) is 0 Å². The molecule has 1 N–H and O–H groups in total. The summed E-state index contributed by atoms with van der Waals surface area (Å²) in [7, 11) is 1.67. The molecule has 0 aliphatic heterocycles. The van der Waals surface area contributed by atoms with Crippen LogP contribution in [0, 0.1) is 0 Å². The Bertz CT molecular complexity index is 369. The summed E-state index contributed by atoms with van der Waals surface area (Å²) in [5, 5.41) is 3.42. The maximum atomic E-state index is 5.53. The van der Waals surface area contributed by atoms with Crippen molar-refractivity contribution in [2.24, 2.45) is 0 Å². The van der Waals surface area contributed by atoms with E-state index < -0.39 is 0 Å². The maximum absolute atomic E-state index is 5.53. The molecule has 0 aliphatic rings. The van der Waals surface area contributed by atoms with Gasteiger partial charge in [0.1, 0.15) is 0 Å². The third-order valence-corrected chi connectivity index (χ3v) is 3.39. The summed E-state index contributed by atoms with van der Waals surface area (Å²) >= 11 is 3.57. The summed E-state index contributed by atoms with van der Waals surface area (Å²) in [5.74, 6) is 1.57. The van der Waals surface area contributed by atoms with E-state index in [4.69, 9.17) is 9.47 Å². The molecule has 1 aromatic rings. The van der Waals surface area contributed by atoms with E-state index in [-0.39, 0.29) is 0 Å². The summed E-state index contributed by atoms with van der Waals surface area (Å²) in [6.45, 7) is 6.67. The van der Waals surface area contributed by atoms with Gasteiger partial charge in [-0.3, -0.25) is 0 Å². The predicted octanol–water partition coefficient (Wildman–Crippen LogP) is 3.75. The highest BCUT2D eigenvalue weighted by molar-refractivity contribution is 9.10. The van der Waals surface area contributed by atoms with Crippen LogP contribution in [0.15, 0.2) is 16.6 Å². The lowest BCUT2D eigenvalue weighted by atomic mass is 10.2. The molecule has 0 bridgehead atoms. The lowest BCUT2D eigenvalue weighted by molar-refractivity contribution is 0.310. The van der Waals surface area contributed by atoms with Crippen LogP contribution in [0.1, 0.15) is 32.3 Å². The van der Waals surface area contributed by atoms with Gasteiger partial charge in [0.15, 0.2) is 11.5 Å². The van der Waals surface area contributed by atoms with Crippen LogP contribution in [0.3, 0.4) is 0 Å². The second-order valence-electron chi connectivity index (χ2n) is 4.06. The van der Waals surface area contributed by atoms with E-state index in [2.05, 4.69) is 28.2 Å². The van der Waals surface area contributed by atoms with Crippen LogP contribution in [0.2, 0.25) is 0 Å². The van der Waals surface area contributed by atoms with Crippen molar-refractivity contribution in [1.29, 1.82) is 0 Å². The van der Waals surface area contributed by atoms with E-state index in [1.165, 1.54) is 18.4 Å². The molecule has 0 saturated heterocycles. The first-order valence-electron chi connectivity index (χ1n) is 6.42. The van der Waals surface area contributed by atoms with Gasteiger partial charge in [-0.1, -0.05) is 29.3 Å². The first-order chi connectivity index (χ1) is 8.72. The van der Waals surface area contributed by atoms with Gasteiger partial charge in [0, 0.05) is 11.0 Å². The van der Waals surface area contributed by atoms with Gasteiger partial charge in [-0.15, -0.1) is 0 Å². The molecular formula is C14H22BrNO2. The van der Waals surface area contributed by atoms with Gasteiger partial charge in [0.05, 0.1) is 13.7 Å². The Morgan fingerprint density at radius 1 is 1.22 bits per heavy atom. The molecule has 0 spiro atoms. The number of hydrogen-bond donors (Lipinski definition) is 1. The van der Waals surface area contributed by atoms with Gasteiger partial charge in [0.2, 0.25) is 0 Å². The molecule has 0 aromatic heterocycles. The van der Waals surface area contributed by atoms with E-state index in [0.717, 1.165) is 29.1 Å². The Morgan fingerprint density at radius 2 is 2.00 bits per heavy atom. The van der Waals surface area contributed by atoms with Crippen LogP contribution >= 0.6 is 15.9 Å². The van der Waals surface area contributed by atoms with Crippen LogP contribution < -0.4 is 14.8 Å². The molecule has 0 saturated carbocycles. The second-order valence-corrected chi connectivity index (χ2v) is 4.91. The average Bonchev–Trinajstić information content (AvgIpc) is 2.37. The Labute approximate surface area is 118 Å². The quantitative estimate of drug-likeness (QED) is 0.741. The molecule has 0 aliphatic carbocycles. The van der Waals surface area contributed by atoms with Crippen LogP contribution in [0.25, 0.3) is 0 Å². The molecule has 4 heteroatoms. The van der Waals surface area contributed by atoms with E-state index in [1.807, 2.05) is 19.1 Å². The van der Waals surface area contributed by atoms with Crippen molar-refractivity contribution in [2.75, 3.05) is 20.3 Å². The minimum Gasteiger partial charge on any atom is -0.493 e. The molecule has 0 atom stereocenters. The summed E-state index contributed by atoms with van der Waals surface area (Å²) in [6, 6.07) is 3.99. The highest BCUT2D eigenvalue weighted by Gasteiger charge is 2.09. The number of ether oxygens (including phenoxy) is 2. The van der Waals surface area contributed by atoms with Crippen molar-refractivity contribution in [3.8, 4) is 11.5 Å². The summed E-state index contributed by atoms with van der Waals surface area (Å²) in [4.78, 5) is 0. The molecule has 0 unspecified atom stereocenters. The maximum Gasteiger partial charge on any atom is 0.162 e. The largest absolute Gasteiger partial charge is 0.493 e. The van der Waals surface area contributed by atoms with Crippen LogP contribution in [0.5, 0.6) is 11.5 Å². The summed E-state index contributed by atoms with van der Waals surface area (Å²) < 4.78 is 11.9. The Balaban J connectivity index is 2.73. The van der Waals surface area contributed by atoms with Gasteiger partial charge in [0.25, 0.3) is 0 Å². The van der Waals surface area contributed by atoms with Gasteiger partial charge >= 0.3 is 0 Å². The van der Waals surface area contributed by atoms with Gasteiger partial charge in [-0.05, 0) is 37.6 Å². The average molecular weight is 316 g/mol. The molecule has 0 radical (unpaired) electrons. The minimum absolute atomic E-state index is 0.636. The number of methoxy groups -OCH3 is 1. The molecular weight excluding hydrogens is 294 g/mol. The number of hydrogen-bond acceptors (Lipinski definition) is 3. The molecule has 1 aromatic carbocycles.